The summed E-state index contributed by atoms with van der Waals surface area (Å²) in [7, 11) is 0. The summed E-state index contributed by atoms with van der Waals surface area (Å²) in [6.07, 6.45) is 1.67. The Morgan fingerprint density at radius 2 is 2.15 bits per heavy atom. The molecule has 2 heteroatoms. The highest BCUT2D eigenvalue weighted by atomic mass is 14.7. The van der Waals surface area contributed by atoms with E-state index in [1.165, 1.54) is 0 Å². The second-order valence-electron chi connectivity index (χ2n) is 2.78. The standard InChI is InChI=1S/C11H8N2/c1-2-10-9(7-12)8-5-3-4-6-11(8)13-10/h2-6,13H,1H2. The van der Waals surface area contributed by atoms with E-state index >= 15 is 0 Å². The number of para-hydroxylation sites is 1. The van der Waals surface area contributed by atoms with E-state index in [0.717, 1.165) is 16.6 Å². The van der Waals surface area contributed by atoms with Gasteiger partial charge in [0.15, 0.2) is 0 Å². The molecule has 0 spiro atoms. The first kappa shape index (κ1) is 7.63. The number of fused-ring (bicyclic) bond motifs is 1. The molecule has 2 aromatic rings. The van der Waals surface area contributed by atoms with Gasteiger partial charge in [-0.05, 0) is 12.1 Å². The smallest absolute Gasteiger partial charge is 0.102 e. The van der Waals surface area contributed by atoms with E-state index in [-0.39, 0.29) is 0 Å². The van der Waals surface area contributed by atoms with Gasteiger partial charge < -0.3 is 4.98 Å². The molecule has 0 atom stereocenters. The van der Waals surface area contributed by atoms with Crippen LogP contribution in [0.15, 0.2) is 30.8 Å². The quantitative estimate of drug-likeness (QED) is 0.698. The Balaban J connectivity index is 2.91. The van der Waals surface area contributed by atoms with Crippen molar-refractivity contribution in [3.05, 3.63) is 42.1 Å². The van der Waals surface area contributed by atoms with Gasteiger partial charge in [-0.2, -0.15) is 5.26 Å². The van der Waals surface area contributed by atoms with Gasteiger partial charge in [-0.3, -0.25) is 0 Å². The number of rotatable bonds is 1. The Morgan fingerprint density at radius 1 is 1.38 bits per heavy atom. The number of H-pyrrole nitrogens is 1. The Labute approximate surface area is 76.1 Å². The van der Waals surface area contributed by atoms with Gasteiger partial charge in [0.25, 0.3) is 0 Å². The topological polar surface area (TPSA) is 39.6 Å². The van der Waals surface area contributed by atoms with Crippen LogP contribution in [0.3, 0.4) is 0 Å². The van der Waals surface area contributed by atoms with Gasteiger partial charge in [0.05, 0.1) is 11.3 Å². The molecule has 2 rings (SSSR count). The molecule has 0 aliphatic carbocycles. The molecule has 1 N–H and O–H groups in total. The SMILES string of the molecule is C=Cc1[nH]c2ccccc2c1C#N. The van der Waals surface area contributed by atoms with E-state index in [0.29, 0.717) is 5.56 Å². The number of nitrogens with one attached hydrogen (secondary N) is 1. The van der Waals surface area contributed by atoms with E-state index in [9.17, 15) is 0 Å². The molecular formula is C11H8N2. The van der Waals surface area contributed by atoms with Crippen LogP contribution in [-0.2, 0) is 0 Å². The van der Waals surface area contributed by atoms with Crippen molar-refractivity contribution in [3.8, 4) is 6.07 Å². The maximum absolute atomic E-state index is 8.92. The zero-order chi connectivity index (χ0) is 9.26. The van der Waals surface area contributed by atoms with E-state index in [1.807, 2.05) is 24.3 Å². The Kier molecular flexibility index (Phi) is 1.64. The lowest BCUT2D eigenvalue weighted by Crippen LogP contribution is -1.74. The minimum atomic E-state index is 0.672. The van der Waals surface area contributed by atoms with Crippen LogP contribution in [-0.4, -0.2) is 4.98 Å². The van der Waals surface area contributed by atoms with Gasteiger partial charge >= 0.3 is 0 Å². The third-order valence-corrected chi connectivity index (χ3v) is 2.05. The number of benzene rings is 1. The van der Waals surface area contributed by atoms with Crippen molar-refractivity contribution in [2.45, 2.75) is 0 Å². The summed E-state index contributed by atoms with van der Waals surface area (Å²) in [4.78, 5) is 3.12. The van der Waals surface area contributed by atoms with Gasteiger partial charge in [-0.15, -0.1) is 0 Å². The number of hydrogen-bond acceptors (Lipinski definition) is 1. The fourth-order valence-corrected chi connectivity index (χ4v) is 1.44. The van der Waals surface area contributed by atoms with Gasteiger partial charge in [0.2, 0.25) is 0 Å². The molecule has 0 radical (unpaired) electrons. The molecule has 0 aliphatic rings. The van der Waals surface area contributed by atoms with E-state index < -0.39 is 0 Å². The summed E-state index contributed by atoms with van der Waals surface area (Å²) < 4.78 is 0. The maximum atomic E-state index is 8.92. The van der Waals surface area contributed by atoms with E-state index in [2.05, 4.69) is 17.6 Å². The summed E-state index contributed by atoms with van der Waals surface area (Å²) in [6.45, 7) is 3.65. The first-order valence-corrected chi connectivity index (χ1v) is 4.00. The molecule has 0 unspecified atom stereocenters. The first-order valence-electron chi connectivity index (χ1n) is 4.00. The Bertz CT molecular complexity index is 500. The zero-order valence-electron chi connectivity index (χ0n) is 7.04. The normalized spacial score (nSPS) is 9.77. The summed E-state index contributed by atoms with van der Waals surface area (Å²) in [5.41, 5.74) is 2.45. The summed E-state index contributed by atoms with van der Waals surface area (Å²) in [5.74, 6) is 0. The molecule has 13 heavy (non-hydrogen) atoms. The average molecular weight is 168 g/mol. The third-order valence-electron chi connectivity index (χ3n) is 2.05. The zero-order valence-corrected chi connectivity index (χ0v) is 7.04. The van der Waals surface area contributed by atoms with Gasteiger partial charge in [-0.25, -0.2) is 0 Å². The number of nitriles is 1. The molecule has 2 nitrogen and oxygen atoms in total. The maximum Gasteiger partial charge on any atom is 0.102 e. The average Bonchev–Trinajstić information content (AvgIpc) is 2.55. The number of hydrogen-bond donors (Lipinski definition) is 1. The lowest BCUT2D eigenvalue weighted by Gasteiger charge is -1.86. The first-order chi connectivity index (χ1) is 6.36. The van der Waals surface area contributed by atoms with Crippen molar-refractivity contribution in [1.29, 1.82) is 5.26 Å². The third kappa shape index (κ3) is 1.02. The molecule has 62 valence electrons. The molecule has 1 aromatic heterocycles. The van der Waals surface area contributed by atoms with E-state index in [4.69, 9.17) is 5.26 Å². The van der Waals surface area contributed by atoms with Gasteiger partial charge in [0, 0.05) is 10.9 Å². The van der Waals surface area contributed by atoms with Crippen molar-refractivity contribution < 1.29 is 0 Å². The molecule has 1 heterocycles. The van der Waals surface area contributed by atoms with Crippen LogP contribution in [0.4, 0.5) is 0 Å². The minimum Gasteiger partial charge on any atom is -0.354 e. The molecular weight excluding hydrogens is 160 g/mol. The van der Waals surface area contributed by atoms with Crippen LogP contribution >= 0.6 is 0 Å². The van der Waals surface area contributed by atoms with Crippen molar-refractivity contribution in [2.24, 2.45) is 0 Å². The number of aromatic amines is 1. The predicted octanol–water partition coefficient (Wildman–Crippen LogP) is 2.68. The van der Waals surface area contributed by atoms with Crippen LogP contribution in [0.25, 0.3) is 17.0 Å². The highest BCUT2D eigenvalue weighted by Gasteiger charge is 2.06. The van der Waals surface area contributed by atoms with Gasteiger partial charge in [0.1, 0.15) is 6.07 Å². The second kappa shape index (κ2) is 2.80. The largest absolute Gasteiger partial charge is 0.354 e. The van der Waals surface area contributed by atoms with Crippen LogP contribution in [0.1, 0.15) is 11.3 Å². The van der Waals surface area contributed by atoms with E-state index in [1.54, 1.807) is 6.08 Å². The number of nitrogens with zero attached hydrogens (tertiary/aromatic N) is 1. The van der Waals surface area contributed by atoms with Crippen molar-refractivity contribution in [2.75, 3.05) is 0 Å². The minimum absolute atomic E-state index is 0.672. The van der Waals surface area contributed by atoms with Crippen LogP contribution < -0.4 is 0 Å². The summed E-state index contributed by atoms with van der Waals surface area (Å²) in [6, 6.07) is 9.90. The lowest BCUT2D eigenvalue weighted by molar-refractivity contribution is 1.41. The van der Waals surface area contributed by atoms with Gasteiger partial charge in [-0.1, -0.05) is 24.8 Å². The molecule has 0 fully saturated rings. The molecule has 0 saturated carbocycles. The van der Waals surface area contributed by atoms with Crippen molar-refractivity contribution in [1.82, 2.24) is 4.98 Å². The van der Waals surface area contributed by atoms with Crippen LogP contribution in [0, 0.1) is 11.3 Å². The summed E-state index contributed by atoms with van der Waals surface area (Å²) in [5, 5.41) is 9.88. The molecule has 1 aromatic carbocycles. The molecule has 0 aliphatic heterocycles. The van der Waals surface area contributed by atoms with Crippen LogP contribution in [0.2, 0.25) is 0 Å². The Hall–Kier alpha value is -2.01. The molecule has 0 amide bonds. The predicted molar refractivity (Wildman–Crippen MR) is 53.1 cm³/mol. The van der Waals surface area contributed by atoms with Crippen LogP contribution in [0.5, 0.6) is 0 Å². The summed E-state index contributed by atoms with van der Waals surface area (Å²) >= 11 is 0. The fourth-order valence-electron chi connectivity index (χ4n) is 1.44. The second-order valence-corrected chi connectivity index (χ2v) is 2.78. The lowest BCUT2D eigenvalue weighted by atomic mass is 10.1. The van der Waals surface area contributed by atoms with Crippen molar-refractivity contribution in [3.63, 3.8) is 0 Å². The number of aromatic nitrogens is 1. The molecule has 0 bridgehead atoms. The van der Waals surface area contributed by atoms with Crippen molar-refractivity contribution >= 4 is 17.0 Å². The highest BCUT2D eigenvalue weighted by molar-refractivity contribution is 5.89. The molecule has 0 saturated heterocycles. The Morgan fingerprint density at radius 3 is 2.85 bits per heavy atom. The highest BCUT2D eigenvalue weighted by Crippen LogP contribution is 2.21. The fraction of sp³-hybridized carbons (Fsp3) is 0. The monoisotopic (exact) mass is 168 g/mol.